The molecule has 5 nitrogen and oxygen atoms in total. The number of carbonyl (C=O) groups excluding carboxylic acids is 1. The predicted octanol–water partition coefficient (Wildman–Crippen LogP) is 3.72. The third-order valence-corrected chi connectivity index (χ3v) is 8.96. The number of nitrogens with zero attached hydrogens (tertiary/aromatic N) is 2. The highest BCUT2D eigenvalue weighted by Crippen LogP contribution is 2.32. The number of carbonyl (C=O) groups is 1. The molecule has 1 amide bonds. The van der Waals surface area contributed by atoms with Gasteiger partial charge < -0.3 is 4.90 Å². The van der Waals surface area contributed by atoms with Crippen LogP contribution in [0.1, 0.15) is 61.3 Å². The van der Waals surface area contributed by atoms with Crippen molar-refractivity contribution in [3.05, 3.63) is 28.3 Å². The normalized spacial score (nSPS) is 22.5. The van der Waals surface area contributed by atoms with Crippen LogP contribution in [0.5, 0.6) is 0 Å². The zero-order valence-electron chi connectivity index (χ0n) is 17.9. The monoisotopic (exact) mass is 406 g/mol. The Morgan fingerprint density at radius 2 is 1.50 bits per heavy atom. The van der Waals surface area contributed by atoms with Crippen molar-refractivity contribution in [1.82, 2.24) is 9.21 Å². The Morgan fingerprint density at radius 3 is 2.04 bits per heavy atom. The van der Waals surface area contributed by atoms with E-state index >= 15 is 0 Å². The van der Waals surface area contributed by atoms with E-state index in [2.05, 4.69) is 6.92 Å². The fourth-order valence-electron chi connectivity index (χ4n) is 4.70. The van der Waals surface area contributed by atoms with Gasteiger partial charge in [0.25, 0.3) is 0 Å². The zero-order valence-corrected chi connectivity index (χ0v) is 18.7. The van der Waals surface area contributed by atoms with Crippen molar-refractivity contribution in [1.29, 1.82) is 0 Å². The van der Waals surface area contributed by atoms with Crippen LogP contribution < -0.4 is 0 Å². The molecule has 3 rings (SSSR count). The van der Waals surface area contributed by atoms with Crippen molar-refractivity contribution in [3.8, 4) is 0 Å². The second-order valence-electron chi connectivity index (χ2n) is 8.64. The molecule has 0 spiro atoms. The van der Waals surface area contributed by atoms with Gasteiger partial charge in [0.05, 0.1) is 4.90 Å². The zero-order chi connectivity index (χ0) is 20.6. The summed E-state index contributed by atoms with van der Waals surface area (Å²) in [5, 5.41) is 0. The van der Waals surface area contributed by atoms with E-state index in [0.29, 0.717) is 36.9 Å². The summed E-state index contributed by atoms with van der Waals surface area (Å²) >= 11 is 0. The summed E-state index contributed by atoms with van der Waals surface area (Å²) in [5.41, 5.74) is 3.68. The molecule has 6 heteroatoms. The molecule has 1 aromatic rings. The predicted molar refractivity (Wildman–Crippen MR) is 112 cm³/mol. The Balaban J connectivity index is 1.75. The van der Waals surface area contributed by atoms with Gasteiger partial charge in [-0.2, -0.15) is 4.31 Å². The largest absolute Gasteiger partial charge is 0.340 e. The molecule has 2 heterocycles. The average Bonchev–Trinajstić information content (AvgIpc) is 2.66. The van der Waals surface area contributed by atoms with Gasteiger partial charge in [-0.15, -0.1) is 0 Å². The molecule has 0 radical (unpaired) electrons. The summed E-state index contributed by atoms with van der Waals surface area (Å²) in [6.07, 6.45) is 4.57. The van der Waals surface area contributed by atoms with Crippen molar-refractivity contribution in [2.75, 3.05) is 19.6 Å². The van der Waals surface area contributed by atoms with Crippen molar-refractivity contribution in [2.24, 2.45) is 5.92 Å². The standard InChI is InChI=1S/C22H34N2O3S/c1-15-14-16(2)19(5)21(18(15)4)28(26,27)23-12-9-20(10-13-23)22(25)24-11-7-6-8-17(24)3/h14,17,20H,6-13H2,1-5H3/t17-/m1/s1. The minimum Gasteiger partial charge on any atom is -0.340 e. The number of hydrogen-bond acceptors (Lipinski definition) is 3. The van der Waals surface area contributed by atoms with Gasteiger partial charge in [0.1, 0.15) is 0 Å². The molecule has 0 aromatic heterocycles. The number of hydrogen-bond donors (Lipinski definition) is 0. The van der Waals surface area contributed by atoms with Gasteiger partial charge in [-0.3, -0.25) is 4.79 Å². The summed E-state index contributed by atoms with van der Waals surface area (Å²) < 4.78 is 28.4. The van der Waals surface area contributed by atoms with Crippen LogP contribution in [0, 0.1) is 33.6 Å². The second kappa shape index (κ2) is 8.15. The van der Waals surface area contributed by atoms with Crippen LogP contribution >= 0.6 is 0 Å². The number of likely N-dealkylation sites (tertiary alicyclic amines) is 1. The van der Waals surface area contributed by atoms with E-state index in [0.717, 1.165) is 41.6 Å². The first-order valence-corrected chi connectivity index (χ1v) is 12.0. The lowest BCUT2D eigenvalue weighted by Crippen LogP contribution is -2.48. The third kappa shape index (κ3) is 3.86. The maximum absolute atomic E-state index is 13.4. The van der Waals surface area contributed by atoms with E-state index in [4.69, 9.17) is 0 Å². The Hall–Kier alpha value is -1.40. The van der Waals surface area contributed by atoms with Gasteiger partial charge in [0, 0.05) is 31.6 Å². The van der Waals surface area contributed by atoms with Crippen molar-refractivity contribution < 1.29 is 13.2 Å². The average molecular weight is 407 g/mol. The van der Waals surface area contributed by atoms with E-state index in [9.17, 15) is 13.2 Å². The van der Waals surface area contributed by atoms with Gasteiger partial charge in [-0.25, -0.2) is 8.42 Å². The van der Waals surface area contributed by atoms with E-state index < -0.39 is 10.0 Å². The van der Waals surface area contributed by atoms with Crippen molar-refractivity contribution in [2.45, 2.75) is 77.7 Å². The van der Waals surface area contributed by atoms with Gasteiger partial charge >= 0.3 is 0 Å². The van der Waals surface area contributed by atoms with Gasteiger partial charge in [0.15, 0.2) is 0 Å². The van der Waals surface area contributed by atoms with E-state index in [1.165, 1.54) is 6.42 Å². The molecular formula is C22H34N2O3S. The highest BCUT2D eigenvalue weighted by molar-refractivity contribution is 7.89. The molecule has 2 aliphatic heterocycles. The number of benzene rings is 1. The molecule has 0 unspecified atom stereocenters. The fourth-order valence-corrected chi connectivity index (χ4v) is 6.75. The SMILES string of the molecule is Cc1cc(C)c(C)c(S(=O)(=O)N2CCC(C(=O)N3CCCC[C@H]3C)CC2)c1C. The number of rotatable bonds is 3. The maximum atomic E-state index is 13.4. The smallest absolute Gasteiger partial charge is 0.243 e. The summed E-state index contributed by atoms with van der Waals surface area (Å²) in [6.45, 7) is 11.5. The summed E-state index contributed by atoms with van der Waals surface area (Å²) in [6, 6.07) is 2.36. The molecule has 0 aliphatic carbocycles. The van der Waals surface area contributed by atoms with E-state index in [-0.39, 0.29) is 11.8 Å². The molecule has 2 fully saturated rings. The quantitative estimate of drug-likeness (QED) is 0.769. The Bertz CT molecular complexity index is 829. The first-order chi connectivity index (χ1) is 13.1. The van der Waals surface area contributed by atoms with Crippen molar-refractivity contribution >= 4 is 15.9 Å². The molecule has 0 N–H and O–H groups in total. The third-order valence-electron chi connectivity index (χ3n) is 6.78. The van der Waals surface area contributed by atoms with Gasteiger partial charge in [0.2, 0.25) is 15.9 Å². The molecule has 0 saturated carbocycles. The molecule has 2 saturated heterocycles. The minimum atomic E-state index is -3.54. The molecule has 28 heavy (non-hydrogen) atoms. The Kier molecular flexibility index (Phi) is 6.20. The molecule has 1 aromatic carbocycles. The first kappa shape index (κ1) is 21.3. The van der Waals surface area contributed by atoms with Crippen LogP contribution in [0.25, 0.3) is 0 Å². The topological polar surface area (TPSA) is 57.7 Å². The highest BCUT2D eigenvalue weighted by atomic mass is 32.2. The number of sulfonamides is 1. The molecule has 0 bridgehead atoms. The van der Waals surface area contributed by atoms with Crippen LogP contribution in [0.2, 0.25) is 0 Å². The maximum Gasteiger partial charge on any atom is 0.243 e. The van der Waals surface area contributed by atoms with Crippen LogP contribution in [0.4, 0.5) is 0 Å². The van der Waals surface area contributed by atoms with Crippen LogP contribution in [-0.4, -0.2) is 49.2 Å². The second-order valence-corrected chi connectivity index (χ2v) is 10.5. The molecule has 2 aliphatic rings. The molecule has 1 atom stereocenters. The first-order valence-electron chi connectivity index (χ1n) is 10.5. The Labute approximate surface area is 170 Å². The minimum absolute atomic E-state index is 0.0477. The van der Waals surface area contributed by atoms with Crippen LogP contribution in [0.3, 0.4) is 0 Å². The molecule has 156 valence electrons. The molecular weight excluding hydrogens is 372 g/mol. The summed E-state index contributed by atoms with van der Waals surface area (Å²) in [5.74, 6) is 0.177. The van der Waals surface area contributed by atoms with Crippen LogP contribution in [-0.2, 0) is 14.8 Å². The Morgan fingerprint density at radius 1 is 0.929 bits per heavy atom. The number of piperidine rings is 2. The van der Waals surface area contributed by atoms with Gasteiger partial charge in [-0.1, -0.05) is 6.07 Å². The highest BCUT2D eigenvalue weighted by Gasteiger charge is 2.36. The number of amides is 1. The summed E-state index contributed by atoms with van der Waals surface area (Å²) in [4.78, 5) is 15.4. The number of aryl methyl sites for hydroxylation is 2. The lowest BCUT2D eigenvalue weighted by molar-refractivity contribution is -0.140. The van der Waals surface area contributed by atoms with E-state index in [1.54, 1.807) is 4.31 Å². The van der Waals surface area contributed by atoms with E-state index in [1.807, 2.05) is 38.7 Å². The summed E-state index contributed by atoms with van der Waals surface area (Å²) in [7, 11) is -3.54. The lowest BCUT2D eigenvalue weighted by atomic mass is 9.94. The fraction of sp³-hybridized carbons (Fsp3) is 0.682. The lowest BCUT2D eigenvalue weighted by Gasteiger charge is -2.38. The van der Waals surface area contributed by atoms with Gasteiger partial charge in [-0.05, 0) is 89.0 Å². The van der Waals surface area contributed by atoms with Crippen LogP contribution in [0.15, 0.2) is 11.0 Å². The van der Waals surface area contributed by atoms with Crippen molar-refractivity contribution in [3.63, 3.8) is 0 Å².